The van der Waals surface area contributed by atoms with Crippen molar-refractivity contribution in [3.8, 4) is 16.3 Å². The Morgan fingerprint density at radius 3 is 2.73 bits per heavy atom. The lowest BCUT2D eigenvalue weighted by molar-refractivity contribution is -0.153. The van der Waals surface area contributed by atoms with Crippen molar-refractivity contribution in [2.24, 2.45) is 0 Å². The maximum Gasteiger partial charge on any atom is 0.422 e. The summed E-state index contributed by atoms with van der Waals surface area (Å²) in [5.74, 6) is 0.0171. The van der Waals surface area contributed by atoms with E-state index in [0.29, 0.717) is 40.8 Å². The van der Waals surface area contributed by atoms with Gasteiger partial charge in [0.15, 0.2) is 12.2 Å². The number of piperazine rings is 1. The number of nitrogens with zero attached hydrogens (tertiary/aromatic N) is 4. The van der Waals surface area contributed by atoms with E-state index in [1.165, 1.54) is 28.4 Å². The lowest BCUT2D eigenvalue weighted by Gasteiger charge is -2.54. The van der Waals surface area contributed by atoms with Gasteiger partial charge in [-0.1, -0.05) is 0 Å². The van der Waals surface area contributed by atoms with E-state index in [0.717, 1.165) is 6.42 Å². The molecule has 12 heteroatoms. The van der Waals surface area contributed by atoms with Gasteiger partial charge in [0.05, 0.1) is 17.6 Å². The average Bonchev–Trinajstić information content (AvgIpc) is 3.34. The van der Waals surface area contributed by atoms with Crippen molar-refractivity contribution in [3.63, 3.8) is 0 Å². The number of oxazole rings is 1. The van der Waals surface area contributed by atoms with Gasteiger partial charge in [-0.15, -0.1) is 11.3 Å². The van der Waals surface area contributed by atoms with E-state index in [2.05, 4.69) is 9.97 Å². The molecule has 0 saturated carbocycles. The van der Waals surface area contributed by atoms with E-state index >= 15 is 0 Å². The van der Waals surface area contributed by atoms with Crippen LogP contribution in [0.2, 0.25) is 0 Å². The number of thiazole rings is 1. The van der Waals surface area contributed by atoms with Crippen LogP contribution in [-0.4, -0.2) is 64.0 Å². The number of benzene rings is 1. The Morgan fingerprint density at radius 2 is 2.10 bits per heavy atom. The number of halogens is 3. The first-order valence-corrected chi connectivity index (χ1v) is 9.96. The zero-order valence-electron chi connectivity index (χ0n) is 15.3. The van der Waals surface area contributed by atoms with Crippen molar-refractivity contribution in [2.45, 2.75) is 24.7 Å². The van der Waals surface area contributed by atoms with Gasteiger partial charge in [0.2, 0.25) is 0 Å². The number of anilines is 1. The third-order valence-electron chi connectivity index (χ3n) is 5.20. The van der Waals surface area contributed by atoms with E-state index in [1.807, 2.05) is 4.90 Å². The minimum absolute atomic E-state index is 0.0171. The van der Waals surface area contributed by atoms with Crippen molar-refractivity contribution >= 4 is 34.5 Å². The molecule has 3 saturated heterocycles. The average molecular weight is 440 g/mol. The van der Waals surface area contributed by atoms with Crippen LogP contribution in [-0.2, 0) is 0 Å². The lowest BCUT2D eigenvalue weighted by atomic mass is 9.88. The van der Waals surface area contributed by atoms with Gasteiger partial charge in [-0.2, -0.15) is 18.2 Å². The first-order chi connectivity index (χ1) is 14.3. The number of alkyl halides is 3. The number of hydrogen-bond donors (Lipinski definition) is 1. The molecule has 1 N–H and O–H groups in total. The van der Waals surface area contributed by atoms with E-state index in [-0.39, 0.29) is 17.8 Å². The number of piperidine rings is 1. The third kappa shape index (κ3) is 3.30. The molecule has 0 aliphatic carbocycles. The van der Waals surface area contributed by atoms with Gasteiger partial charge >= 0.3 is 12.3 Å². The molecule has 1 amide bonds. The molecule has 3 aromatic rings. The number of ether oxygens (including phenoxy) is 1. The van der Waals surface area contributed by atoms with Crippen LogP contribution in [0.5, 0.6) is 5.75 Å². The second-order valence-electron chi connectivity index (χ2n) is 7.19. The summed E-state index contributed by atoms with van der Waals surface area (Å²) < 4.78 is 48.6. The normalized spacial score (nSPS) is 21.0. The molecule has 5 heterocycles. The smallest absolute Gasteiger partial charge is 0.422 e. The molecule has 158 valence electrons. The van der Waals surface area contributed by atoms with Crippen molar-refractivity contribution in [1.82, 2.24) is 14.9 Å². The molecule has 2 bridgehead atoms. The highest BCUT2D eigenvalue weighted by atomic mass is 32.1. The largest absolute Gasteiger partial charge is 0.484 e. The monoisotopic (exact) mass is 440 g/mol. The van der Waals surface area contributed by atoms with Crippen molar-refractivity contribution in [1.29, 1.82) is 0 Å². The van der Waals surface area contributed by atoms with Crippen molar-refractivity contribution in [2.75, 3.05) is 24.6 Å². The Balaban J connectivity index is 1.49. The Morgan fingerprint density at radius 1 is 1.33 bits per heavy atom. The predicted molar refractivity (Wildman–Crippen MR) is 101 cm³/mol. The molecular weight excluding hydrogens is 425 g/mol. The molecule has 3 aliphatic rings. The van der Waals surface area contributed by atoms with Gasteiger partial charge in [0.25, 0.3) is 6.01 Å². The SMILES string of the molecule is O=C(O)N1C2CC1CN(c1nc3cc(OCC(F)(F)F)cc(-c4nccs4)c3o1)C2. The standard InChI is InChI=1S/C18H15F3N4O4S/c19-18(20,21)8-28-11-4-12(15-22-1-2-30-15)14-13(5-11)23-16(29-14)24-6-9-3-10(7-24)25(9)17(26)27/h1-2,4-5,9-10H,3,6-8H2,(H,26,27). The van der Waals surface area contributed by atoms with E-state index < -0.39 is 18.9 Å². The van der Waals surface area contributed by atoms with E-state index in [9.17, 15) is 23.1 Å². The zero-order chi connectivity index (χ0) is 21.0. The molecule has 3 fully saturated rings. The summed E-state index contributed by atoms with van der Waals surface area (Å²) in [6, 6.07) is 2.91. The third-order valence-corrected chi connectivity index (χ3v) is 6.01. The molecule has 0 radical (unpaired) electrons. The van der Waals surface area contributed by atoms with Gasteiger partial charge in [-0.25, -0.2) is 9.78 Å². The lowest BCUT2D eigenvalue weighted by Crippen LogP contribution is -2.70. The molecule has 2 unspecified atom stereocenters. The summed E-state index contributed by atoms with van der Waals surface area (Å²) in [6.45, 7) is -0.527. The fraction of sp³-hybridized carbons (Fsp3) is 0.389. The molecule has 2 atom stereocenters. The molecule has 2 aromatic heterocycles. The van der Waals surface area contributed by atoms with Gasteiger partial charge in [-0.3, -0.25) is 4.90 Å². The molecule has 8 nitrogen and oxygen atoms in total. The fourth-order valence-electron chi connectivity index (χ4n) is 3.97. The van der Waals surface area contributed by atoms with Crippen LogP contribution in [0.4, 0.5) is 24.0 Å². The molecular formula is C18H15F3N4O4S. The van der Waals surface area contributed by atoms with Crippen LogP contribution < -0.4 is 9.64 Å². The van der Waals surface area contributed by atoms with Crippen molar-refractivity contribution in [3.05, 3.63) is 23.7 Å². The second-order valence-corrected chi connectivity index (χ2v) is 8.09. The maximum atomic E-state index is 12.6. The van der Waals surface area contributed by atoms with Gasteiger partial charge in [0, 0.05) is 30.7 Å². The van der Waals surface area contributed by atoms with Crippen LogP contribution in [0, 0.1) is 0 Å². The Labute approximate surface area is 171 Å². The number of aromatic nitrogens is 2. The Bertz CT molecular complexity index is 1090. The number of hydrogen-bond acceptors (Lipinski definition) is 7. The van der Waals surface area contributed by atoms with E-state index in [4.69, 9.17) is 9.15 Å². The summed E-state index contributed by atoms with van der Waals surface area (Å²) in [4.78, 5) is 23.3. The van der Waals surface area contributed by atoms with Gasteiger partial charge in [0.1, 0.15) is 16.3 Å². The Hall–Kier alpha value is -3.02. The van der Waals surface area contributed by atoms with Crippen LogP contribution in [0.15, 0.2) is 28.1 Å². The predicted octanol–water partition coefficient (Wildman–Crippen LogP) is 3.83. The number of rotatable bonds is 4. The van der Waals surface area contributed by atoms with E-state index in [1.54, 1.807) is 11.6 Å². The van der Waals surface area contributed by atoms with Crippen LogP contribution >= 0.6 is 11.3 Å². The highest BCUT2D eigenvalue weighted by molar-refractivity contribution is 7.13. The minimum Gasteiger partial charge on any atom is -0.484 e. The second kappa shape index (κ2) is 6.76. The van der Waals surface area contributed by atoms with Gasteiger partial charge in [-0.05, 0) is 12.5 Å². The number of amides is 1. The molecule has 0 spiro atoms. The summed E-state index contributed by atoms with van der Waals surface area (Å²) in [5, 5.41) is 11.6. The molecule has 1 aromatic carbocycles. The van der Waals surface area contributed by atoms with Crippen LogP contribution in [0.3, 0.4) is 0 Å². The topological polar surface area (TPSA) is 91.9 Å². The van der Waals surface area contributed by atoms with Crippen LogP contribution in [0.1, 0.15) is 6.42 Å². The number of carbonyl (C=O) groups is 1. The van der Waals surface area contributed by atoms with Gasteiger partial charge < -0.3 is 19.2 Å². The molecule has 3 aliphatic heterocycles. The maximum absolute atomic E-state index is 12.6. The summed E-state index contributed by atoms with van der Waals surface area (Å²) in [5.41, 5.74) is 1.24. The highest BCUT2D eigenvalue weighted by Crippen LogP contribution is 2.39. The number of carboxylic acid groups (broad SMARTS) is 1. The Kier molecular flexibility index (Phi) is 4.27. The van der Waals surface area contributed by atoms with Crippen molar-refractivity contribution < 1.29 is 32.2 Å². The summed E-state index contributed by atoms with van der Waals surface area (Å²) >= 11 is 1.32. The number of fused-ring (bicyclic) bond motifs is 3. The minimum atomic E-state index is -4.46. The first kappa shape index (κ1) is 19.0. The fourth-order valence-corrected chi connectivity index (χ4v) is 4.62. The quantitative estimate of drug-likeness (QED) is 0.659. The first-order valence-electron chi connectivity index (χ1n) is 9.09. The summed E-state index contributed by atoms with van der Waals surface area (Å²) in [7, 11) is 0. The zero-order valence-corrected chi connectivity index (χ0v) is 16.1. The van der Waals surface area contributed by atoms with Crippen LogP contribution in [0.25, 0.3) is 21.7 Å². The summed E-state index contributed by atoms with van der Waals surface area (Å²) in [6.07, 6.45) is -3.02. The highest BCUT2D eigenvalue weighted by Gasteiger charge is 2.48. The molecule has 30 heavy (non-hydrogen) atoms. The molecule has 6 rings (SSSR count).